The average molecular weight is 372 g/mol. The van der Waals surface area contributed by atoms with Crippen LogP contribution in [0.4, 0.5) is 11.4 Å². The molecule has 28 heavy (non-hydrogen) atoms. The molecule has 0 atom stereocenters. The first-order chi connectivity index (χ1) is 13.8. The zero-order valence-corrected chi connectivity index (χ0v) is 16.0. The maximum absolute atomic E-state index is 13.5. The number of aromatic nitrogens is 2. The lowest BCUT2D eigenvalue weighted by Gasteiger charge is -2.20. The third-order valence-electron chi connectivity index (χ3n) is 6.40. The standard InChI is InChI=1S/C23H24N4O/c28-23(21-20-5-1-2-13-26(20)22(24-21)16-6-7-16)27-14-10-17-15-18(8-9-19(17)27)25-11-3-4-12-25/h1-2,5,8-9,13,15-16H,3-4,6-7,10-12,14H2. The van der Waals surface area contributed by atoms with Gasteiger partial charge in [0.15, 0.2) is 5.69 Å². The Morgan fingerprint density at radius 1 is 1.04 bits per heavy atom. The van der Waals surface area contributed by atoms with Crippen LogP contribution in [0.1, 0.15) is 53.5 Å². The van der Waals surface area contributed by atoms with Gasteiger partial charge in [0, 0.05) is 43.1 Å². The number of carbonyl (C=O) groups excluding carboxylic acids is 1. The van der Waals surface area contributed by atoms with Crippen molar-refractivity contribution >= 4 is 22.8 Å². The van der Waals surface area contributed by atoms with Crippen molar-refractivity contribution in [1.82, 2.24) is 9.38 Å². The van der Waals surface area contributed by atoms with E-state index in [-0.39, 0.29) is 5.91 Å². The highest BCUT2D eigenvalue weighted by atomic mass is 16.2. The quantitative estimate of drug-likeness (QED) is 0.697. The number of carbonyl (C=O) groups is 1. The molecule has 5 nitrogen and oxygen atoms in total. The molecule has 0 unspecified atom stereocenters. The Labute approximate surface area is 164 Å². The maximum atomic E-state index is 13.5. The monoisotopic (exact) mass is 372 g/mol. The van der Waals surface area contributed by atoms with E-state index >= 15 is 0 Å². The molecule has 0 bridgehead atoms. The molecule has 3 aromatic rings. The molecule has 2 aromatic heterocycles. The van der Waals surface area contributed by atoms with Crippen molar-refractivity contribution in [3.05, 3.63) is 59.7 Å². The largest absolute Gasteiger partial charge is 0.372 e. The van der Waals surface area contributed by atoms with Crippen LogP contribution in [0.15, 0.2) is 42.6 Å². The second-order valence-electron chi connectivity index (χ2n) is 8.26. The Bertz CT molecular complexity index is 1080. The Balaban J connectivity index is 1.36. The predicted octanol–water partition coefficient (Wildman–Crippen LogP) is 4.01. The van der Waals surface area contributed by atoms with Gasteiger partial charge in [-0.2, -0.15) is 0 Å². The van der Waals surface area contributed by atoms with Gasteiger partial charge in [-0.25, -0.2) is 4.98 Å². The lowest BCUT2D eigenvalue weighted by molar-refractivity contribution is 0.0986. The Hall–Kier alpha value is -2.82. The molecule has 5 heteroatoms. The summed E-state index contributed by atoms with van der Waals surface area (Å²) in [5.74, 6) is 1.58. The summed E-state index contributed by atoms with van der Waals surface area (Å²) in [5.41, 5.74) is 5.16. The minimum Gasteiger partial charge on any atom is -0.372 e. The van der Waals surface area contributed by atoms with Crippen LogP contribution in [-0.4, -0.2) is 34.9 Å². The third-order valence-corrected chi connectivity index (χ3v) is 6.40. The highest BCUT2D eigenvalue weighted by molar-refractivity contribution is 6.10. The smallest absolute Gasteiger partial charge is 0.279 e. The van der Waals surface area contributed by atoms with Gasteiger partial charge in [-0.05, 0) is 68.0 Å². The molecule has 0 spiro atoms. The molecule has 1 aliphatic carbocycles. The fraction of sp³-hybridized carbons (Fsp3) is 0.391. The van der Waals surface area contributed by atoms with Crippen molar-refractivity contribution in [2.45, 2.75) is 38.0 Å². The summed E-state index contributed by atoms with van der Waals surface area (Å²) in [4.78, 5) is 22.7. The summed E-state index contributed by atoms with van der Waals surface area (Å²) < 4.78 is 2.11. The van der Waals surface area contributed by atoms with Crippen LogP contribution in [-0.2, 0) is 6.42 Å². The number of benzene rings is 1. The van der Waals surface area contributed by atoms with Gasteiger partial charge in [0.1, 0.15) is 5.82 Å². The number of rotatable bonds is 3. The van der Waals surface area contributed by atoms with Crippen LogP contribution < -0.4 is 9.80 Å². The first-order valence-corrected chi connectivity index (χ1v) is 10.5. The van der Waals surface area contributed by atoms with E-state index in [0.29, 0.717) is 11.6 Å². The number of imidazole rings is 1. The molecule has 6 rings (SSSR count). The number of hydrogen-bond donors (Lipinski definition) is 0. The summed E-state index contributed by atoms with van der Waals surface area (Å²) in [7, 11) is 0. The zero-order valence-electron chi connectivity index (χ0n) is 16.0. The van der Waals surface area contributed by atoms with Crippen molar-refractivity contribution < 1.29 is 4.79 Å². The fourth-order valence-electron chi connectivity index (χ4n) is 4.75. The van der Waals surface area contributed by atoms with Gasteiger partial charge in [-0.1, -0.05) is 6.07 Å². The van der Waals surface area contributed by atoms with Crippen LogP contribution in [0.2, 0.25) is 0 Å². The molecule has 4 heterocycles. The highest BCUT2D eigenvalue weighted by Crippen LogP contribution is 2.40. The van der Waals surface area contributed by atoms with Crippen molar-refractivity contribution in [2.24, 2.45) is 0 Å². The Morgan fingerprint density at radius 3 is 2.71 bits per heavy atom. The van der Waals surface area contributed by atoms with Crippen LogP contribution in [0, 0.1) is 0 Å². The molecule has 0 radical (unpaired) electrons. The second-order valence-corrected chi connectivity index (χ2v) is 8.26. The van der Waals surface area contributed by atoms with Crippen molar-refractivity contribution in [3.63, 3.8) is 0 Å². The summed E-state index contributed by atoms with van der Waals surface area (Å²) >= 11 is 0. The van der Waals surface area contributed by atoms with E-state index in [1.807, 2.05) is 29.3 Å². The molecular weight excluding hydrogens is 348 g/mol. The molecule has 3 aliphatic rings. The van der Waals surface area contributed by atoms with Crippen LogP contribution in [0.5, 0.6) is 0 Å². The summed E-state index contributed by atoms with van der Waals surface area (Å²) in [6, 6.07) is 12.6. The number of hydrogen-bond acceptors (Lipinski definition) is 3. The number of fused-ring (bicyclic) bond motifs is 2. The lowest BCUT2D eigenvalue weighted by atomic mass is 10.1. The van der Waals surface area contributed by atoms with Crippen LogP contribution in [0.25, 0.3) is 5.52 Å². The normalized spacial score (nSPS) is 18.9. The summed E-state index contributed by atoms with van der Waals surface area (Å²) in [5, 5.41) is 0. The predicted molar refractivity (Wildman–Crippen MR) is 110 cm³/mol. The SMILES string of the molecule is O=C(c1nc(C2CC2)n2ccccc12)N1CCc2cc(N3CCCC3)ccc21. The number of anilines is 2. The van der Waals surface area contributed by atoms with E-state index in [2.05, 4.69) is 27.5 Å². The molecule has 2 aliphatic heterocycles. The van der Waals surface area contributed by atoms with Gasteiger partial charge in [0.05, 0.1) is 5.52 Å². The van der Waals surface area contributed by atoms with Crippen molar-refractivity contribution in [1.29, 1.82) is 0 Å². The molecule has 1 amide bonds. The summed E-state index contributed by atoms with van der Waals surface area (Å²) in [6.07, 6.45) is 7.86. The van der Waals surface area contributed by atoms with E-state index in [9.17, 15) is 4.79 Å². The van der Waals surface area contributed by atoms with E-state index in [1.165, 1.54) is 36.9 Å². The average Bonchev–Trinajstić information content (AvgIpc) is 3.15. The van der Waals surface area contributed by atoms with Gasteiger partial charge in [-0.3, -0.25) is 4.79 Å². The molecule has 1 saturated heterocycles. The fourth-order valence-corrected chi connectivity index (χ4v) is 4.75. The molecular formula is C23H24N4O. The summed E-state index contributed by atoms with van der Waals surface area (Å²) in [6.45, 7) is 3.03. The molecule has 0 N–H and O–H groups in total. The Morgan fingerprint density at radius 2 is 1.89 bits per heavy atom. The van der Waals surface area contributed by atoms with Gasteiger partial charge in [0.2, 0.25) is 0 Å². The first-order valence-electron chi connectivity index (χ1n) is 10.5. The van der Waals surface area contributed by atoms with Crippen LogP contribution >= 0.6 is 0 Å². The lowest BCUT2D eigenvalue weighted by Crippen LogP contribution is -2.29. The maximum Gasteiger partial charge on any atom is 0.279 e. The highest BCUT2D eigenvalue weighted by Gasteiger charge is 2.33. The third kappa shape index (κ3) is 2.45. The topological polar surface area (TPSA) is 40.9 Å². The minimum atomic E-state index is 0.0308. The van der Waals surface area contributed by atoms with E-state index in [0.717, 1.165) is 43.1 Å². The molecule has 1 saturated carbocycles. The molecule has 2 fully saturated rings. The van der Waals surface area contributed by atoms with Crippen LogP contribution in [0.3, 0.4) is 0 Å². The van der Waals surface area contributed by atoms with Gasteiger partial charge >= 0.3 is 0 Å². The van der Waals surface area contributed by atoms with Gasteiger partial charge in [0.25, 0.3) is 5.91 Å². The molecule has 142 valence electrons. The van der Waals surface area contributed by atoms with E-state index in [4.69, 9.17) is 4.98 Å². The van der Waals surface area contributed by atoms with E-state index in [1.54, 1.807) is 0 Å². The zero-order chi connectivity index (χ0) is 18.7. The second kappa shape index (κ2) is 6.09. The number of amides is 1. The van der Waals surface area contributed by atoms with Gasteiger partial charge in [-0.15, -0.1) is 0 Å². The number of nitrogens with zero attached hydrogens (tertiary/aromatic N) is 4. The van der Waals surface area contributed by atoms with E-state index < -0.39 is 0 Å². The number of pyridine rings is 1. The van der Waals surface area contributed by atoms with Crippen molar-refractivity contribution in [3.8, 4) is 0 Å². The Kier molecular flexibility index (Phi) is 3.52. The first kappa shape index (κ1) is 16.2. The molecule has 1 aromatic carbocycles. The minimum absolute atomic E-state index is 0.0308. The van der Waals surface area contributed by atoms with Crippen molar-refractivity contribution in [2.75, 3.05) is 29.4 Å². The van der Waals surface area contributed by atoms with Gasteiger partial charge < -0.3 is 14.2 Å².